The fourth-order valence-electron chi connectivity index (χ4n) is 1.31. The second-order valence-electron chi connectivity index (χ2n) is 5.27. The smallest absolute Gasteiger partial charge is 0.220 e. The molecule has 1 aliphatic carbocycles. The van der Waals surface area contributed by atoms with Crippen LogP contribution in [0.5, 0.6) is 0 Å². The maximum atomic E-state index is 11.4. The molecule has 1 fully saturated rings. The van der Waals surface area contributed by atoms with E-state index in [1.54, 1.807) is 6.92 Å². The zero-order chi connectivity index (χ0) is 11.5. The minimum Gasteiger partial charge on any atom is -0.388 e. The van der Waals surface area contributed by atoms with Crippen LogP contribution in [0.4, 0.5) is 0 Å². The average molecular weight is 213 g/mol. The van der Waals surface area contributed by atoms with Gasteiger partial charge in [-0.2, -0.15) is 0 Å². The molecule has 15 heavy (non-hydrogen) atoms. The molecule has 2 N–H and O–H groups in total. The summed E-state index contributed by atoms with van der Waals surface area (Å²) in [4.78, 5) is 11.4. The van der Waals surface area contributed by atoms with E-state index in [4.69, 9.17) is 0 Å². The minimum atomic E-state index is -0.796. The van der Waals surface area contributed by atoms with Gasteiger partial charge in [-0.15, -0.1) is 0 Å². The highest BCUT2D eigenvalue weighted by Gasteiger charge is 2.26. The lowest BCUT2D eigenvalue weighted by molar-refractivity contribution is -0.122. The number of carbonyl (C=O) groups excluding carboxylic acids is 1. The second-order valence-corrected chi connectivity index (χ2v) is 5.27. The first-order valence-corrected chi connectivity index (χ1v) is 5.91. The van der Waals surface area contributed by atoms with Crippen molar-refractivity contribution in [2.24, 2.45) is 11.8 Å². The van der Waals surface area contributed by atoms with Gasteiger partial charge in [0.15, 0.2) is 0 Å². The Morgan fingerprint density at radius 1 is 1.53 bits per heavy atom. The van der Waals surface area contributed by atoms with Crippen molar-refractivity contribution in [2.45, 2.75) is 52.1 Å². The monoisotopic (exact) mass is 213 g/mol. The van der Waals surface area contributed by atoms with Crippen LogP contribution in [-0.4, -0.2) is 23.2 Å². The van der Waals surface area contributed by atoms with Gasteiger partial charge >= 0.3 is 0 Å². The van der Waals surface area contributed by atoms with E-state index in [-0.39, 0.29) is 11.8 Å². The first-order chi connectivity index (χ1) is 6.92. The highest BCUT2D eigenvalue weighted by Crippen LogP contribution is 2.33. The topological polar surface area (TPSA) is 49.3 Å². The van der Waals surface area contributed by atoms with Crippen molar-refractivity contribution in [1.82, 2.24) is 5.32 Å². The van der Waals surface area contributed by atoms with Crippen molar-refractivity contribution in [1.29, 1.82) is 0 Å². The highest BCUT2D eigenvalue weighted by atomic mass is 16.3. The predicted molar refractivity (Wildman–Crippen MR) is 60.4 cm³/mol. The van der Waals surface area contributed by atoms with Crippen LogP contribution in [0.25, 0.3) is 0 Å². The molecule has 1 amide bonds. The molecule has 0 spiro atoms. The Balaban J connectivity index is 2.14. The number of nitrogens with one attached hydrogen (secondary N) is 1. The number of rotatable bonds is 6. The normalized spacial score (nSPS) is 20.1. The van der Waals surface area contributed by atoms with Crippen molar-refractivity contribution < 1.29 is 9.90 Å². The van der Waals surface area contributed by atoms with Crippen molar-refractivity contribution in [3.8, 4) is 0 Å². The molecule has 0 radical (unpaired) electrons. The van der Waals surface area contributed by atoms with Crippen LogP contribution in [0.2, 0.25) is 0 Å². The third kappa shape index (κ3) is 4.65. The Morgan fingerprint density at radius 3 is 2.60 bits per heavy atom. The summed E-state index contributed by atoms with van der Waals surface area (Å²) in [5.74, 6) is 1.02. The van der Waals surface area contributed by atoms with E-state index in [9.17, 15) is 9.90 Å². The van der Waals surface area contributed by atoms with Gasteiger partial charge in [-0.1, -0.05) is 26.7 Å². The first kappa shape index (κ1) is 12.5. The maximum Gasteiger partial charge on any atom is 0.220 e. The Morgan fingerprint density at radius 2 is 2.13 bits per heavy atom. The lowest BCUT2D eigenvalue weighted by Gasteiger charge is -2.27. The SMILES string of the molecule is CC(C)C(C)(O)CNC(=O)CCC1CC1. The summed E-state index contributed by atoms with van der Waals surface area (Å²) >= 11 is 0. The van der Waals surface area contributed by atoms with Crippen molar-refractivity contribution >= 4 is 5.91 Å². The van der Waals surface area contributed by atoms with E-state index in [0.717, 1.165) is 12.3 Å². The van der Waals surface area contributed by atoms with Crippen LogP contribution in [0.1, 0.15) is 46.5 Å². The molecule has 1 saturated carbocycles. The third-order valence-electron chi connectivity index (χ3n) is 3.36. The Labute approximate surface area is 92.3 Å². The summed E-state index contributed by atoms with van der Waals surface area (Å²) in [5, 5.41) is 12.7. The fourth-order valence-corrected chi connectivity index (χ4v) is 1.31. The molecule has 0 aliphatic heterocycles. The van der Waals surface area contributed by atoms with Crippen LogP contribution in [0.15, 0.2) is 0 Å². The molecule has 0 aromatic carbocycles. The third-order valence-corrected chi connectivity index (χ3v) is 3.36. The lowest BCUT2D eigenvalue weighted by Crippen LogP contribution is -2.44. The van der Waals surface area contributed by atoms with Gasteiger partial charge in [0.1, 0.15) is 0 Å². The first-order valence-electron chi connectivity index (χ1n) is 5.91. The van der Waals surface area contributed by atoms with E-state index >= 15 is 0 Å². The summed E-state index contributed by atoms with van der Waals surface area (Å²) in [5.41, 5.74) is -0.796. The molecular weight excluding hydrogens is 190 g/mol. The van der Waals surface area contributed by atoms with Gasteiger partial charge in [-0.25, -0.2) is 0 Å². The number of hydrogen-bond acceptors (Lipinski definition) is 2. The van der Waals surface area contributed by atoms with Gasteiger partial charge in [0.25, 0.3) is 0 Å². The van der Waals surface area contributed by atoms with E-state index in [1.165, 1.54) is 12.8 Å². The zero-order valence-corrected chi connectivity index (χ0v) is 10.0. The molecular formula is C12H23NO2. The summed E-state index contributed by atoms with van der Waals surface area (Å²) in [6, 6.07) is 0. The molecule has 1 rings (SSSR count). The van der Waals surface area contributed by atoms with Crippen LogP contribution >= 0.6 is 0 Å². The molecule has 1 unspecified atom stereocenters. The lowest BCUT2D eigenvalue weighted by atomic mass is 9.92. The van der Waals surface area contributed by atoms with Crippen molar-refractivity contribution in [2.75, 3.05) is 6.54 Å². The van der Waals surface area contributed by atoms with Crippen LogP contribution in [-0.2, 0) is 4.79 Å². The number of amides is 1. The summed E-state index contributed by atoms with van der Waals surface area (Å²) in [6.07, 6.45) is 4.20. The number of aliphatic hydroxyl groups is 1. The minimum absolute atomic E-state index is 0.0721. The Kier molecular flexibility index (Phi) is 4.14. The molecule has 3 nitrogen and oxygen atoms in total. The molecule has 0 aromatic rings. The summed E-state index contributed by atoms with van der Waals surface area (Å²) < 4.78 is 0. The molecule has 1 aliphatic rings. The van der Waals surface area contributed by atoms with Gasteiger partial charge in [0, 0.05) is 13.0 Å². The largest absolute Gasteiger partial charge is 0.388 e. The molecule has 0 bridgehead atoms. The quantitative estimate of drug-likeness (QED) is 0.705. The van der Waals surface area contributed by atoms with Crippen molar-refractivity contribution in [3.05, 3.63) is 0 Å². The van der Waals surface area contributed by atoms with Gasteiger partial charge < -0.3 is 10.4 Å². The second kappa shape index (κ2) is 4.97. The summed E-state index contributed by atoms with van der Waals surface area (Å²) in [7, 11) is 0. The molecule has 0 saturated heterocycles. The summed E-state index contributed by atoms with van der Waals surface area (Å²) in [6.45, 7) is 6.03. The average Bonchev–Trinajstić information content (AvgIpc) is 2.94. The maximum absolute atomic E-state index is 11.4. The molecule has 3 heteroatoms. The standard InChI is InChI=1S/C12H23NO2/c1-9(2)12(3,15)8-13-11(14)7-6-10-4-5-10/h9-10,15H,4-8H2,1-3H3,(H,13,14). The Hall–Kier alpha value is -0.570. The number of hydrogen-bond donors (Lipinski definition) is 2. The highest BCUT2D eigenvalue weighted by molar-refractivity contribution is 5.75. The molecule has 0 heterocycles. The van der Waals surface area contributed by atoms with E-state index in [2.05, 4.69) is 5.32 Å². The van der Waals surface area contributed by atoms with Gasteiger partial charge in [0.2, 0.25) is 5.91 Å². The molecule has 1 atom stereocenters. The van der Waals surface area contributed by atoms with Crippen LogP contribution < -0.4 is 5.32 Å². The Bertz CT molecular complexity index is 220. The van der Waals surface area contributed by atoms with E-state index < -0.39 is 5.60 Å². The number of carbonyl (C=O) groups is 1. The molecule has 0 aromatic heterocycles. The van der Waals surface area contributed by atoms with E-state index in [0.29, 0.717) is 13.0 Å². The zero-order valence-electron chi connectivity index (χ0n) is 10.0. The van der Waals surface area contributed by atoms with Crippen LogP contribution in [0, 0.1) is 11.8 Å². The molecule has 88 valence electrons. The van der Waals surface area contributed by atoms with Crippen molar-refractivity contribution in [3.63, 3.8) is 0 Å². The predicted octanol–water partition coefficient (Wildman–Crippen LogP) is 1.70. The van der Waals surface area contributed by atoms with Gasteiger partial charge in [-0.05, 0) is 25.2 Å². The van der Waals surface area contributed by atoms with Crippen LogP contribution in [0.3, 0.4) is 0 Å². The van der Waals surface area contributed by atoms with E-state index in [1.807, 2.05) is 13.8 Å². The fraction of sp³-hybridized carbons (Fsp3) is 0.917. The van der Waals surface area contributed by atoms with Gasteiger partial charge in [-0.3, -0.25) is 4.79 Å². The van der Waals surface area contributed by atoms with Gasteiger partial charge in [0.05, 0.1) is 5.60 Å².